The van der Waals surface area contributed by atoms with Crippen LogP contribution in [0.5, 0.6) is 0 Å². The third kappa shape index (κ3) is 3.36. The van der Waals surface area contributed by atoms with Crippen molar-refractivity contribution < 1.29 is 9.32 Å². The van der Waals surface area contributed by atoms with Gasteiger partial charge in [-0.3, -0.25) is 9.59 Å². The van der Waals surface area contributed by atoms with Crippen molar-refractivity contribution in [3.63, 3.8) is 0 Å². The highest BCUT2D eigenvalue weighted by Crippen LogP contribution is 2.37. The van der Waals surface area contributed by atoms with Crippen LogP contribution in [0.25, 0.3) is 0 Å². The third-order valence-electron chi connectivity index (χ3n) is 4.47. The van der Waals surface area contributed by atoms with E-state index in [1.165, 1.54) is 6.42 Å². The Balaban J connectivity index is 1.62. The Hall–Kier alpha value is -2.37. The molecule has 122 valence electrons. The Bertz CT molecular complexity index is 772. The van der Waals surface area contributed by atoms with Crippen LogP contribution in [-0.2, 0) is 17.8 Å². The number of aromatic amines is 1. The van der Waals surface area contributed by atoms with Crippen molar-refractivity contribution in [3.8, 4) is 0 Å². The van der Waals surface area contributed by atoms with Gasteiger partial charge in [0.2, 0.25) is 5.91 Å². The predicted octanol–water partition coefficient (Wildman–Crippen LogP) is 2.11. The summed E-state index contributed by atoms with van der Waals surface area (Å²) < 4.78 is 5.05. The Morgan fingerprint density at radius 3 is 2.87 bits per heavy atom. The summed E-state index contributed by atoms with van der Waals surface area (Å²) in [5, 5.41) is 6.91. The largest absolute Gasteiger partial charge is 0.364 e. The van der Waals surface area contributed by atoms with Gasteiger partial charge in [0, 0.05) is 29.3 Å². The lowest BCUT2D eigenvalue weighted by atomic mass is 9.81. The standard InChI is InChI=1S/C17H21N3O3/c1-10-6-11(2)19-17(22)14(10)7-15(21)18-8-13-9-23-20-16(13)12-4-3-5-12/h6,9,12H,3-5,7-8H2,1-2H3,(H,18,21)(H,19,22). The number of nitrogens with zero attached hydrogens (tertiary/aromatic N) is 1. The molecular weight excluding hydrogens is 294 g/mol. The fourth-order valence-corrected chi connectivity index (χ4v) is 2.93. The Morgan fingerprint density at radius 2 is 2.22 bits per heavy atom. The summed E-state index contributed by atoms with van der Waals surface area (Å²) in [4.78, 5) is 26.8. The van der Waals surface area contributed by atoms with E-state index in [1.807, 2.05) is 19.9 Å². The molecule has 6 heteroatoms. The van der Waals surface area contributed by atoms with Crippen LogP contribution in [0.15, 0.2) is 21.6 Å². The zero-order valence-corrected chi connectivity index (χ0v) is 13.4. The third-order valence-corrected chi connectivity index (χ3v) is 4.47. The summed E-state index contributed by atoms with van der Waals surface area (Å²) in [5.41, 5.74) is 3.83. The maximum atomic E-state index is 12.1. The minimum absolute atomic E-state index is 0.0749. The van der Waals surface area contributed by atoms with Crippen molar-refractivity contribution in [1.82, 2.24) is 15.5 Å². The first-order chi connectivity index (χ1) is 11.0. The van der Waals surface area contributed by atoms with E-state index in [4.69, 9.17) is 4.52 Å². The minimum atomic E-state index is -0.196. The molecule has 0 aliphatic heterocycles. The van der Waals surface area contributed by atoms with Gasteiger partial charge in [-0.2, -0.15) is 0 Å². The molecule has 1 amide bonds. The SMILES string of the molecule is Cc1cc(C)c(CC(=O)NCc2conc2C2CCC2)c(=O)[nH]1. The number of hydrogen-bond acceptors (Lipinski definition) is 4. The number of carbonyl (C=O) groups excluding carboxylic acids is 1. The predicted molar refractivity (Wildman–Crippen MR) is 85.2 cm³/mol. The second kappa shape index (κ2) is 6.40. The van der Waals surface area contributed by atoms with E-state index in [-0.39, 0.29) is 17.9 Å². The van der Waals surface area contributed by atoms with Gasteiger partial charge in [-0.05, 0) is 38.3 Å². The van der Waals surface area contributed by atoms with E-state index in [0.29, 0.717) is 18.0 Å². The van der Waals surface area contributed by atoms with E-state index >= 15 is 0 Å². The number of amides is 1. The van der Waals surface area contributed by atoms with Gasteiger partial charge in [0.05, 0.1) is 12.1 Å². The van der Waals surface area contributed by atoms with Gasteiger partial charge in [-0.25, -0.2) is 0 Å². The number of rotatable bonds is 5. The molecule has 2 aromatic heterocycles. The fourth-order valence-electron chi connectivity index (χ4n) is 2.93. The molecular formula is C17H21N3O3. The smallest absolute Gasteiger partial charge is 0.252 e. The van der Waals surface area contributed by atoms with E-state index in [1.54, 1.807) is 6.26 Å². The highest BCUT2D eigenvalue weighted by Gasteiger charge is 2.25. The van der Waals surface area contributed by atoms with Gasteiger partial charge in [-0.1, -0.05) is 11.6 Å². The van der Waals surface area contributed by atoms with Crippen LogP contribution >= 0.6 is 0 Å². The second-order valence-corrected chi connectivity index (χ2v) is 6.25. The Labute approximate surface area is 134 Å². The molecule has 1 aliphatic rings. The molecule has 2 aromatic rings. The topological polar surface area (TPSA) is 88.0 Å². The molecule has 23 heavy (non-hydrogen) atoms. The molecule has 0 saturated heterocycles. The average Bonchev–Trinajstić information content (AvgIpc) is 2.87. The molecule has 1 aliphatic carbocycles. The van der Waals surface area contributed by atoms with Gasteiger partial charge >= 0.3 is 0 Å². The first-order valence-corrected chi connectivity index (χ1v) is 7.94. The summed E-state index contributed by atoms with van der Waals surface area (Å²) in [6.45, 7) is 4.06. The summed E-state index contributed by atoms with van der Waals surface area (Å²) in [7, 11) is 0. The van der Waals surface area contributed by atoms with Crippen molar-refractivity contribution >= 4 is 5.91 Å². The molecule has 0 atom stereocenters. The number of nitrogens with one attached hydrogen (secondary N) is 2. The van der Waals surface area contributed by atoms with Crippen LogP contribution < -0.4 is 10.9 Å². The van der Waals surface area contributed by atoms with E-state index in [0.717, 1.165) is 35.4 Å². The Morgan fingerprint density at radius 1 is 1.43 bits per heavy atom. The minimum Gasteiger partial charge on any atom is -0.364 e. The lowest BCUT2D eigenvalue weighted by Gasteiger charge is -2.23. The van der Waals surface area contributed by atoms with Gasteiger partial charge in [0.25, 0.3) is 5.56 Å². The van der Waals surface area contributed by atoms with Crippen LogP contribution in [0.4, 0.5) is 0 Å². The number of pyridine rings is 1. The van der Waals surface area contributed by atoms with Crippen molar-refractivity contribution in [3.05, 3.63) is 50.8 Å². The number of aryl methyl sites for hydroxylation is 2. The first kappa shape index (κ1) is 15.5. The van der Waals surface area contributed by atoms with E-state index < -0.39 is 0 Å². The first-order valence-electron chi connectivity index (χ1n) is 7.94. The lowest BCUT2D eigenvalue weighted by molar-refractivity contribution is -0.120. The molecule has 6 nitrogen and oxygen atoms in total. The van der Waals surface area contributed by atoms with Crippen LogP contribution in [-0.4, -0.2) is 16.0 Å². The maximum absolute atomic E-state index is 12.1. The van der Waals surface area contributed by atoms with Gasteiger partial charge in [0.15, 0.2) is 0 Å². The lowest BCUT2D eigenvalue weighted by Crippen LogP contribution is -2.28. The van der Waals surface area contributed by atoms with E-state index in [2.05, 4.69) is 15.5 Å². The quantitative estimate of drug-likeness (QED) is 0.884. The van der Waals surface area contributed by atoms with Gasteiger partial charge < -0.3 is 14.8 Å². The molecule has 0 radical (unpaired) electrons. The summed E-state index contributed by atoms with van der Waals surface area (Å²) in [6.07, 6.45) is 5.15. The Kier molecular flexibility index (Phi) is 4.32. The monoisotopic (exact) mass is 315 g/mol. The van der Waals surface area contributed by atoms with Crippen molar-refractivity contribution in [2.24, 2.45) is 0 Å². The van der Waals surface area contributed by atoms with Crippen molar-refractivity contribution in [1.29, 1.82) is 0 Å². The molecule has 0 aromatic carbocycles. The maximum Gasteiger partial charge on any atom is 0.252 e. The van der Waals surface area contributed by atoms with Crippen LogP contribution in [0.3, 0.4) is 0 Å². The van der Waals surface area contributed by atoms with E-state index in [9.17, 15) is 9.59 Å². The van der Waals surface area contributed by atoms with Crippen LogP contribution in [0.2, 0.25) is 0 Å². The fraction of sp³-hybridized carbons (Fsp3) is 0.471. The molecule has 2 heterocycles. The molecule has 2 N–H and O–H groups in total. The molecule has 1 saturated carbocycles. The average molecular weight is 315 g/mol. The molecule has 1 fully saturated rings. The normalized spacial score (nSPS) is 14.5. The summed E-state index contributed by atoms with van der Waals surface area (Å²) in [5.74, 6) is 0.283. The zero-order chi connectivity index (χ0) is 16.4. The highest BCUT2D eigenvalue weighted by atomic mass is 16.5. The number of carbonyl (C=O) groups is 1. The van der Waals surface area contributed by atoms with Gasteiger partial charge in [-0.15, -0.1) is 0 Å². The molecule has 3 rings (SSSR count). The van der Waals surface area contributed by atoms with Crippen molar-refractivity contribution in [2.75, 3.05) is 0 Å². The molecule has 0 spiro atoms. The highest BCUT2D eigenvalue weighted by molar-refractivity contribution is 5.78. The second-order valence-electron chi connectivity index (χ2n) is 6.25. The molecule has 0 unspecified atom stereocenters. The number of hydrogen-bond donors (Lipinski definition) is 2. The number of aromatic nitrogens is 2. The summed E-state index contributed by atoms with van der Waals surface area (Å²) >= 11 is 0. The molecule has 0 bridgehead atoms. The van der Waals surface area contributed by atoms with Crippen LogP contribution in [0, 0.1) is 13.8 Å². The van der Waals surface area contributed by atoms with Gasteiger partial charge in [0.1, 0.15) is 6.26 Å². The summed E-state index contributed by atoms with van der Waals surface area (Å²) in [6, 6.07) is 1.87. The zero-order valence-electron chi connectivity index (χ0n) is 13.4. The van der Waals surface area contributed by atoms with Crippen molar-refractivity contribution in [2.45, 2.75) is 52.0 Å². The van der Waals surface area contributed by atoms with Crippen LogP contribution in [0.1, 0.15) is 53.3 Å². The number of H-pyrrole nitrogens is 1.